The van der Waals surface area contributed by atoms with Crippen LogP contribution in [0.5, 0.6) is 0 Å². The average Bonchev–Trinajstić information content (AvgIpc) is 2.53. The highest BCUT2D eigenvalue weighted by molar-refractivity contribution is 14.0. The van der Waals surface area contributed by atoms with Gasteiger partial charge in [0, 0.05) is 46.4 Å². The largest absolute Gasteiger partial charge is 0.382 e. The molecule has 0 unspecified atom stereocenters. The van der Waals surface area contributed by atoms with Crippen LogP contribution in [0, 0.1) is 0 Å². The topological polar surface area (TPSA) is 58.1 Å². The third-order valence-electron chi connectivity index (χ3n) is 3.48. The average molecular weight is 428 g/mol. The Morgan fingerprint density at radius 1 is 1.14 bits per heavy atom. The van der Waals surface area contributed by atoms with Crippen LogP contribution in [0.15, 0.2) is 4.99 Å². The number of nitrogens with zero attached hydrogens (tertiary/aromatic N) is 2. The number of rotatable bonds is 10. The number of hydrogen-bond donors (Lipinski definition) is 2. The number of halogens is 1. The quantitative estimate of drug-likeness (QED) is 0.238. The maximum Gasteiger partial charge on any atom is 0.190 e. The molecular weight excluding hydrogens is 395 g/mol. The van der Waals surface area contributed by atoms with E-state index < -0.39 is 0 Å². The van der Waals surface area contributed by atoms with Crippen LogP contribution in [0.3, 0.4) is 0 Å². The van der Waals surface area contributed by atoms with E-state index in [2.05, 4.69) is 20.5 Å². The van der Waals surface area contributed by atoms with Gasteiger partial charge in [-0.05, 0) is 32.7 Å². The summed E-state index contributed by atoms with van der Waals surface area (Å²) in [4.78, 5) is 6.70. The van der Waals surface area contributed by atoms with E-state index in [1.807, 2.05) is 14.0 Å². The molecule has 1 rings (SSSR count). The van der Waals surface area contributed by atoms with Crippen molar-refractivity contribution in [2.24, 2.45) is 4.99 Å². The lowest BCUT2D eigenvalue weighted by Gasteiger charge is -2.26. The summed E-state index contributed by atoms with van der Waals surface area (Å²) in [6.45, 7) is 10.6. The van der Waals surface area contributed by atoms with Crippen LogP contribution in [-0.4, -0.2) is 77.1 Å². The molecule has 0 saturated carbocycles. The van der Waals surface area contributed by atoms with Crippen LogP contribution in [-0.2, 0) is 9.47 Å². The normalized spacial score (nSPS) is 16.2. The van der Waals surface area contributed by atoms with E-state index in [0.717, 1.165) is 71.4 Å². The smallest absolute Gasteiger partial charge is 0.190 e. The summed E-state index contributed by atoms with van der Waals surface area (Å²) in [6, 6.07) is 0. The Balaban J connectivity index is 0.00000441. The van der Waals surface area contributed by atoms with Crippen molar-refractivity contribution in [3.8, 4) is 0 Å². The molecule has 1 aliphatic heterocycles. The van der Waals surface area contributed by atoms with Gasteiger partial charge in [-0.1, -0.05) is 0 Å². The Morgan fingerprint density at radius 2 is 1.82 bits per heavy atom. The van der Waals surface area contributed by atoms with E-state index in [1.54, 1.807) is 0 Å². The third-order valence-corrected chi connectivity index (χ3v) is 3.48. The van der Waals surface area contributed by atoms with Crippen molar-refractivity contribution >= 4 is 29.9 Å². The van der Waals surface area contributed by atoms with Gasteiger partial charge in [-0.25, -0.2) is 0 Å². The van der Waals surface area contributed by atoms with Gasteiger partial charge in [0.2, 0.25) is 0 Å². The van der Waals surface area contributed by atoms with Crippen LogP contribution in [0.2, 0.25) is 0 Å². The second-order valence-electron chi connectivity index (χ2n) is 5.14. The van der Waals surface area contributed by atoms with Gasteiger partial charge in [0.05, 0.1) is 13.2 Å². The number of hydrogen-bond acceptors (Lipinski definition) is 4. The highest BCUT2D eigenvalue weighted by Gasteiger charge is 2.08. The molecule has 7 heteroatoms. The Morgan fingerprint density at radius 3 is 2.45 bits per heavy atom. The number of ether oxygens (including phenoxy) is 2. The van der Waals surface area contributed by atoms with Crippen LogP contribution in [0.4, 0.5) is 0 Å². The first-order valence-corrected chi connectivity index (χ1v) is 8.19. The molecule has 0 atom stereocenters. The second-order valence-corrected chi connectivity index (χ2v) is 5.14. The highest BCUT2D eigenvalue weighted by Crippen LogP contribution is 1.99. The van der Waals surface area contributed by atoms with Crippen molar-refractivity contribution in [2.75, 3.05) is 66.2 Å². The van der Waals surface area contributed by atoms with E-state index in [0.29, 0.717) is 0 Å². The molecule has 0 aromatic rings. The van der Waals surface area contributed by atoms with E-state index in [-0.39, 0.29) is 24.0 Å². The molecule has 0 amide bonds. The Bertz CT molecular complexity index is 274. The summed E-state index contributed by atoms with van der Waals surface area (Å²) in [5.74, 6) is 0.887. The monoisotopic (exact) mass is 428 g/mol. The second kappa shape index (κ2) is 15.8. The van der Waals surface area contributed by atoms with Gasteiger partial charge in [-0.15, -0.1) is 24.0 Å². The van der Waals surface area contributed by atoms with Gasteiger partial charge in [0.25, 0.3) is 0 Å². The first kappa shape index (κ1) is 21.9. The highest BCUT2D eigenvalue weighted by atomic mass is 127. The zero-order chi connectivity index (χ0) is 15.2. The molecule has 22 heavy (non-hydrogen) atoms. The fourth-order valence-corrected chi connectivity index (χ4v) is 2.24. The van der Waals surface area contributed by atoms with Gasteiger partial charge in [0.1, 0.15) is 0 Å². The molecule has 0 aliphatic carbocycles. The predicted molar refractivity (Wildman–Crippen MR) is 102 cm³/mol. The van der Waals surface area contributed by atoms with Crippen molar-refractivity contribution < 1.29 is 9.47 Å². The Kier molecular flexibility index (Phi) is 15.7. The summed E-state index contributed by atoms with van der Waals surface area (Å²) in [6.07, 6.45) is 3.39. The number of nitrogens with one attached hydrogen (secondary N) is 2. The van der Waals surface area contributed by atoms with Crippen LogP contribution < -0.4 is 10.6 Å². The maximum atomic E-state index is 5.35. The van der Waals surface area contributed by atoms with Crippen molar-refractivity contribution in [1.82, 2.24) is 15.5 Å². The van der Waals surface area contributed by atoms with E-state index >= 15 is 0 Å². The molecule has 1 heterocycles. The first-order chi connectivity index (χ1) is 10.4. The minimum absolute atomic E-state index is 0. The van der Waals surface area contributed by atoms with E-state index in [4.69, 9.17) is 9.47 Å². The molecular formula is C15H33IN4O2. The lowest BCUT2D eigenvalue weighted by atomic mass is 10.3. The van der Waals surface area contributed by atoms with Gasteiger partial charge < -0.3 is 20.1 Å². The molecule has 0 aromatic heterocycles. The van der Waals surface area contributed by atoms with Crippen molar-refractivity contribution in [3.05, 3.63) is 0 Å². The minimum Gasteiger partial charge on any atom is -0.382 e. The number of morpholine rings is 1. The number of aliphatic imine (C=N–C) groups is 1. The molecule has 6 nitrogen and oxygen atoms in total. The zero-order valence-corrected chi connectivity index (χ0v) is 16.4. The van der Waals surface area contributed by atoms with Crippen LogP contribution in [0.1, 0.15) is 26.2 Å². The summed E-state index contributed by atoms with van der Waals surface area (Å²) in [7, 11) is 1.81. The standard InChI is InChI=1S/C15H32N4O2.HI/c1-3-20-12-6-8-18-15(16-2)17-7-4-5-9-19-10-13-21-14-11-19;/h3-14H2,1-2H3,(H2,16,17,18);1H. The maximum absolute atomic E-state index is 5.35. The zero-order valence-electron chi connectivity index (χ0n) is 14.1. The van der Waals surface area contributed by atoms with E-state index in [1.165, 1.54) is 13.0 Å². The van der Waals surface area contributed by atoms with Crippen LogP contribution in [0.25, 0.3) is 0 Å². The SMILES string of the molecule is CCOCCCNC(=NC)NCCCCN1CCOCC1.I. The first-order valence-electron chi connectivity index (χ1n) is 8.19. The lowest BCUT2D eigenvalue weighted by Crippen LogP contribution is -2.39. The summed E-state index contributed by atoms with van der Waals surface area (Å²) in [5.41, 5.74) is 0. The van der Waals surface area contributed by atoms with Crippen molar-refractivity contribution in [1.29, 1.82) is 0 Å². The van der Waals surface area contributed by atoms with Gasteiger partial charge >= 0.3 is 0 Å². The molecule has 0 aromatic carbocycles. The summed E-state index contributed by atoms with van der Waals surface area (Å²) >= 11 is 0. The van der Waals surface area contributed by atoms with Gasteiger partial charge in [-0.3, -0.25) is 9.89 Å². The summed E-state index contributed by atoms with van der Waals surface area (Å²) < 4.78 is 10.7. The fourth-order valence-electron chi connectivity index (χ4n) is 2.24. The molecule has 1 aliphatic rings. The molecule has 1 saturated heterocycles. The van der Waals surface area contributed by atoms with Crippen molar-refractivity contribution in [3.63, 3.8) is 0 Å². The molecule has 0 radical (unpaired) electrons. The minimum atomic E-state index is 0. The Hall–Kier alpha value is -0.120. The third kappa shape index (κ3) is 11.4. The fraction of sp³-hybridized carbons (Fsp3) is 0.933. The number of guanidine groups is 1. The molecule has 2 N–H and O–H groups in total. The summed E-state index contributed by atoms with van der Waals surface area (Å²) in [5, 5.41) is 6.65. The molecule has 0 bridgehead atoms. The Labute approximate surface area is 152 Å². The molecule has 0 spiro atoms. The molecule has 1 fully saturated rings. The lowest BCUT2D eigenvalue weighted by molar-refractivity contribution is 0.0372. The molecule has 132 valence electrons. The van der Waals surface area contributed by atoms with Gasteiger partial charge in [-0.2, -0.15) is 0 Å². The van der Waals surface area contributed by atoms with E-state index in [9.17, 15) is 0 Å². The predicted octanol–water partition coefficient (Wildman–Crippen LogP) is 1.31. The van der Waals surface area contributed by atoms with Crippen molar-refractivity contribution in [2.45, 2.75) is 26.2 Å². The van der Waals surface area contributed by atoms with Gasteiger partial charge in [0.15, 0.2) is 5.96 Å². The van der Waals surface area contributed by atoms with Crippen LogP contribution >= 0.6 is 24.0 Å². The number of unbranched alkanes of at least 4 members (excludes halogenated alkanes) is 1.